The Hall–Kier alpha value is -2.51. The van der Waals surface area contributed by atoms with Gasteiger partial charge in [0.25, 0.3) is 0 Å². The van der Waals surface area contributed by atoms with Crippen molar-refractivity contribution in [2.45, 2.75) is 6.42 Å². The van der Waals surface area contributed by atoms with Crippen LogP contribution in [0, 0.1) is 0 Å². The molecule has 0 aliphatic carbocycles. The molecule has 0 saturated carbocycles. The molecule has 0 atom stereocenters. The highest BCUT2D eigenvalue weighted by molar-refractivity contribution is 7.58. The van der Waals surface area contributed by atoms with Crippen LogP contribution in [0.2, 0.25) is 0 Å². The second-order valence-corrected chi connectivity index (χ2v) is 5.85. The van der Waals surface area contributed by atoms with Gasteiger partial charge in [-0.2, -0.15) is 8.73 Å². The highest BCUT2D eigenvalue weighted by Gasteiger charge is 2.15. The summed E-state index contributed by atoms with van der Waals surface area (Å²) in [6, 6.07) is 15.2. The minimum absolute atomic E-state index is 0.0920. The Labute approximate surface area is 144 Å². The maximum atomic E-state index is 12.5. The summed E-state index contributed by atoms with van der Waals surface area (Å²) in [5.41, 5.74) is 3.10. The quantitative estimate of drug-likeness (QED) is 0.692. The third kappa shape index (κ3) is 3.87. The van der Waals surface area contributed by atoms with Crippen molar-refractivity contribution in [3.8, 4) is 0 Å². The minimum Gasteiger partial charge on any atom is -0.396 e. The molecule has 0 aromatic heterocycles. The van der Waals surface area contributed by atoms with Crippen molar-refractivity contribution in [3.05, 3.63) is 48.5 Å². The topological polar surface area (TPSA) is 77.3 Å². The summed E-state index contributed by atoms with van der Waals surface area (Å²) in [5, 5.41) is 12.0. The van der Waals surface area contributed by atoms with E-state index in [0.717, 1.165) is 22.7 Å². The SMILES string of the molecule is O=C(CN(CCCO)c1ccccc1)Nc1cccc2c1N=S=N2. The number of hydrogen-bond acceptors (Lipinski definition) is 5. The van der Waals surface area contributed by atoms with E-state index in [2.05, 4.69) is 14.0 Å². The average molecular weight is 342 g/mol. The maximum Gasteiger partial charge on any atom is 0.243 e. The molecule has 0 spiro atoms. The van der Waals surface area contributed by atoms with Gasteiger partial charge in [-0.3, -0.25) is 4.79 Å². The Morgan fingerprint density at radius 3 is 2.75 bits per heavy atom. The number of carbonyl (C=O) groups excluding carboxylic acids is 1. The second-order valence-electron chi connectivity index (χ2n) is 5.32. The number of aliphatic hydroxyl groups is 1. The average Bonchev–Trinajstić information content (AvgIpc) is 3.09. The molecule has 1 aliphatic rings. The second kappa shape index (κ2) is 7.85. The minimum atomic E-state index is -0.128. The van der Waals surface area contributed by atoms with Crippen LogP contribution in [-0.4, -0.2) is 30.7 Å². The number of fused-ring (bicyclic) bond motifs is 1. The predicted molar refractivity (Wildman–Crippen MR) is 97.0 cm³/mol. The lowest BCUT2D eigenvalue weighted by Crippen LogP contribution is -2.34. The fourth-order valence-electron chi connectivity index (χ4n) is 2.47. The molecule has 0 saturated heterocycles. The monoisotopic (exact) mass is 342 g/mol. The van der Waals surface area contributed by atoms with Gasteiger partial charge in [-0.1, -0.05) is 24.3 Å². The Morgan fingerprint density at radius 1 is 1.12 bits per heavy atom. The van der Waals surface area contributed by atoms with Crippen LogP contribution in [0.5, 0.6) is 0 Å². The van der Waals surface area contributed by atoms with E-state index >= 15 is 0 Å². The molecule has 124 valence electrons. The van der Waals surface area contributed by atoms with E-state index in [-0.39, 0.29) is 19.1 Å². The molecule has 7 heteroatoms. The summed E-state index contributed by atoms with van der Waals surface area (Å²) in [4.78, 5) is 14.4. The maximum absolute atomic E-state index is 12.5. The number of carbonyl (C=O) groups is 1. The number of benzene rings is 2. The molecule has 0 radical (unpaired) electrons. The molecule has 2 N–H and O–H groups in total. The van der Waals surface area contributed by atoms with Crippen molar-refractivity contribution in [1.29, 1.82) is 0 Å². The Bertz CT molecular complexity index is 788. The van der Waals surface area contributed by atoms with Gasteiger partial charge < -0.3 is 15.3 Å². The van der Waals surface area contributed by atoms with E-state index in [9.17, 15) is 4.79 Å². The molecule has 0 bridgehead atoms. The summed E-state index contributed by atoms with van der Waals surface area (Å²) in [7, 11) is 0. The molecule has 0 unspecified atom stereocenters. The van der Waals surface area contributed by atoms with E-state index in [4.69, 9.17) is 5.11 Å². The van der Waals surface area contributed by atoms with Crippen molar-refractivity contribution >= 4 is 40.0 Å². The largest absolute Gasteiger partial charge is 0.396 e. The lowest BCUT2D eigenvalue weighted by Gasteiger charge is -2.24. The molecule has 1 heterocycles. The number of hydrogen-bond donors (Lipinski definition) is 2. The van der Waals surface area contributed by atoms with Gasteiger partial charge in [-0.25, -0.2) is 0 Å². The Balaban J connectivity index is 1.70. The molecule has 1 aliphatic heterocycles. The van der Waals surface area contributed by atoms with Gasteiger partial charge in [-0.05, 0) is 30.7 Å². The van der Waals surface area contributed by atoms with E-state index in [0.29, 0.717) is 24.3 Å². The highest BCUT2D eigenvalue weighted by Crippen LogP contribution is 2.38. The molecule has 2 aromatic rings. The fraction of sp³-hybridized carbons (Fsp3) is 0.235. The molecule has 1 amide bonds. The number of para-hydroxylation sites is 1. The van der Waals surface area contributed by atoms with Crippen LogP contribution in [0.25, 0.3) is 0 Å². The molecule has 6 nitrogen and oxygen atoms in total. The molecule has 2 aromatic carbocycles. The van der Waals surface area contributed by atoms with Crippen LogP contribution in [0.1, 0.15) is 6.42 Å². The van der Waals surface area contributed by atoms with E-state index < -0.39 is 0 Å². The van der Waals surface area contributed by atoms with Gasteiger partial charge in [0.05, 0.1) is 23.6 Å². The van der Waals surface area contributed by atoms with Crippen molar-refractivity contribution in [2.75, 3.05) is 29.9 Å². The number of amides is 1. The van der Waals surface area contributed by atoms with Crippen LogP contribution < -0.4 is 10.2 Å². The van der Waals surface area contributed by atoms with Gasteiger partial charge in [0.2, 0.25) is 5.91 Å². The van der Waals surface area contributed by atoms with E-state index in [1.54, 1.807) is 0 Å². The Morgan fingerprint density at radius 2 is 1.96 bits per heavy atom. The lowest BCUT2D eigenvalue weighted by atomic mass is 10.2. The molecule has 24 heavy (non-hydrogen) atoms. The summed E-state index contributed by atoms with van der Waals surface area (Å²) in [5.74, 6) is -0.128. The van der Waals surface area contributed by atoms with Crippen LogP contribution in [-0.2, 0) is 16.1 Å². The number of aliphatic hydroxyl groups excluding tert-OH is 1. The summed E-state index contributed by atoms with van der Waals surface area (Å²) in [6.07, 6.45) is 0.605. The first kappa shape index (κ1) is 16.4. The first-order chi connectivity index (χ1) is 11.8. The third-order valence-electron chi connectivity index (χ3n) is 3.60. The van der Waals surface area contributed by atoms with Crippen molar-refractivity contribution in [3.63, 3.8) is 0 Å². The highest BCUT2D eigenvalue weighted by atomic mass is 32.1. The van der Waals surface area contributed by atoms with Gasteiger partial charge in [0, 0.05) is 18.8 Å². The van der Waals surface area contributed by atoms with Crippen molar-refractivity contribution in [2.24, 2.45) is 8.73 Å². The van der Waals surface area contributed by atoms with E-state index in [1.165, 1.54) is 0 Å². The van der Waals surface area contributed by atoms with Gasteiger partial charge >= 0.3 is 0 Å². The number of rotatable bonds is 7. The number of nitrogens with zero attached hydrogens (tertiary/aromatic N) is 3. The molecular formula is C17H18N4O2S. The zero-order chi connectivity index (χ0) is 16.8. The Kier molecular flexibility index (Phi) is 5.35. The predicted octanol–water partition coefficient (Wildman–Crippen LogP) is 3.24. The van der Waals surface area contributed by atoms with Crippen LogP contribution in [0.15, 0.2) is 57.3 Å². The van der Waals surface area contributed by atoms with Crippen LogP contribution in [0.3, 0.4) is 0 Å². The summed E-state index contributed by atoms with van der Waals surface area (Å²) >= 11 is 1.13. The summed E-state index contributed by atoms with van der Waals surface area (Å²) < 4.78 is 8.40. The van der Waals surface area contributed by atoms with Crippen molar-refractivity contribution < 1.29 is 9.90 Å². The smallest absolute Gasteiger partial charge is 0.243 e. The fourth-order valence-corrected chi connectivity index (χ4v) is 3.02. The van der Waals surface area contributed by atoms with Gasteiger partial charge in [-0.15, -0.1) is 0 Å². The zero-order valence-electron chi connectivity index (χ0n) is 13.1. The third-order valence-corrected chi connectivity index (χ3v) is 4.14. The zero-order valence-corrected chi connectivity index (χ0v) is 13.9. The van der Waals surface area contributed by atoms with Crippen LogP contribution >= 0.6 is 0 Å². The number of nitrogens with one attached hydrogen (secondary N) is 1. The van der Waals surface area contributed by atoms with Crippen molar-refractivity contribution in [1.82, 2.24) is 0 Å². The lowest BCUT2D eigenvalue weighted by molar-refractivity contribution is -0.115. The first-order valence-electron chi connectivity index (χ1n) is 7.70. The standard InChI is InChI=1S/C17H18N4O2S/c22-11-5-10-21(13-6-2-1-3-7-13)12-16(23)18-14-8-4-9-15-17(14)20-24-19-15/h1-4,6-9,22H,5,10-12H2,(H,18,23). The van der Waals surface area contributed by atoms with Crippen LogP contribution in [0.4, 0.5) is 22.7 Å². The molecule has 0 fully saturated rings. The van der Waals surface area contributed by atoms with E-state index in [1.807, 2.05) is 53.4 Å². The first-order valence-corrected chi connectivity index (χ1v) is 8.43. The number of anilines is 2. The normalized spacial score (nSPS) is 11.7. The summed E-state index contributed by atoms with van der Waals surface area (Å²) in [6.45, 7) is 0.906. The molecular weight excluding hydrogens is 324 g/mol. The van der Waals surface area contributed by atoms with Gasteiger partial charge in [0.15, 0.2) is 0 Å². The van der Waals surface area contributed by atoms with Gasteiger partial charge in [0.1, 0.15) is 11.4 Å². The molecule has 3 rings (SSSR count).